The Labute approximate surface area is 123 Å². The number of nitrogens with two attached hydrogens (primary N) is 1. The van der Waals surface area contributed by atoms with Gasteiger partial charge in [-0.25, -0.2) is 9.37 Å². The van der Waals surface area contributed by atoms with E-state index < -0.39 is 18.8 Å². The molecule has 0 spiro atoms. The maximum atomic E-state index is 12.7. The minimum absolute atomic E-state index is 0.446. The molecule has 21 heavy (non-hydrogen) atoms. The molecule has 0 amide bonds. The van der Waals surface area contributed by atoms with Gasteiger partial charge in [-0.1, -0.05) is 24.3 Å². The molecule has 0 aliphatic carbocycles. The van der Waals surface area contributed by atoms with Gasteiger partial charge in [0.1, 0.15) is 6.67 Å². The number of hydrogen-bond acceptors (Lipinski definition) is 4. The zero-order chi connectivity index (χ0) is 15.2. The van der Waals surface area contributed by atoms with Crippen LogP contribution in [0.15, 0.2) is 42.6 Å². The van der Waals surface area contributed by atoms with Gasteiger partial charge in [0, 0.05) is 24.9 Å². The number of nitrogens with zero attached hydrogens (tertiary/aromatic N) is 1. The Balaban J connectivity index is 2.21. The molecule has 0 aliphatic rings. The van der Waals surface area contributed by atoms with Crippen LogP contribution in [0.25, 0.3) is 11.1 Å². The summed E-state index contributed by atoms with van der Waals surface area (Å²) in [4.78, 5) is 4.17. The van der Waals surface area contributed by atoms with Crippen LogP contribution >= 0.6 is 0 Å². The molecule has 2 aromatic rings. The van der Waals surface area contributed by atoms with Gasteiger partial charge in [0.15, 0.2) is 0 Å². The Bertz CT molecular complexity index is 557. The number of pyridine rings is 1. The van der Waals surface area contributed by atoms with Gasteiger partial charge in [0.2, 0.25) is 5.88 Å². The predicted molar refractivity (Wildman–Crippen MR) is 79.9 cm³/mol. The Morgan fingerprint density at radius 3 is 2.24 bits per heavy atom. The first kappa shape index (κ1) is 15.4. The zero-order valence-electron chi connectivity index (χ0n) is 12.1. The number of methoxy groups -OCH3 is 2. The number of alkyl halides is 1. The van der Waals surface area contributed by atoms with E-state index >= 15 is 0 Å². The van der Waals surface area contributed by atoms with Crippen LogP contribution in [0.1, 0.15) is 11.7 Å². The average Bonchev–Trinajstić information content (AvgIpc) is 2.56. The van der Waals surface area contributed by atoms with E-state index in [0.717, 1.165) is 16.7 Å². The molecule has 2 N–H and O–H groups in total. The largest absolute Gasteiger partial charge is 0.481 e. The molecule has 0 bridgehead atoms. The van der Waals surface area contributed by atoms with Gasteiger partial charge in [-0.3, -0.25) is 0 Å². The quantitative estimate of drug-likeness (QED) is 0.888. The standard InChI is InChI=1S/C16H19FN2O2/c1-20-15-8-7-13(10-19-15)11-3-5-12(6-4-11)16(21-2)14(18)9-17/h3-8,10,14,16H,9,18H2,1-2H3. The SMILES string of the molecule is COc1ccc(-c2ccc(C(OC)C(N)CF)cc2)cn1. The second-order valence-corrected chi connectivity index (χ2v) is 4.69. The van der Waals surface area contributed by atoms with Crippen LogP contribution in [0.2, 0.25) is 0 Å². The molecule has 5 heteroatoms. The van der Waals surface area contributed by atoms with Crippen molar-refractivity contribution in [2.24, 2.45) is 5.73 Å². The molecule has 2 unspecified atom stereocenters. The maximum Gasteiger partial charge on any atom is 0.212 e. The number of halogens is 1. The molecular formula is C16H19FN2O2. The lowest BCUT2D eigenvalue weighted by Gasteiger charge is -2.20. The summed E-state index contributed by atoms with van der Waals surface area (Å²) < 4.78 is 23.0. The van der Waals surface area contributed by atoms with Crippen LogP contribution < -0.4 is 10.5 Å². The summed E-state index contributed by atoms with van der Waals surface area (Å²) in [6.07, 6.45) is 1.30. The normalized spacial score (nSPS) is 13.7. The van der Waals surface area contributed by atoms with E-state index in [1.165, 1.54) is 7.11 Å². The molecule has 0 radical (unpaired) electrons. The van der Waals surface area contributed by atoms with Crippen LogP contribution in [-0.4, -0.2) is 31.9 Å². The van der Waals surface area contributed by atoms with Crippen LogP contribution in [0.4, 0.5) is 4.39 Å². The minimum Gasteiger partial charge on any atom is -0.481 e. The van der Waals surface area contributed by atoms with Crippen molar-refractivity contribution < 1.29 is 13.9 Å². The Kier molecular flexibility index (Phi) is 5.25. The van der Waals surface area contributed by atoms with Crippen LogP contribution in [-0.2, 0) is 4.74 Å². The highest BCUT2D eigenvalue weighted by molar-refractivity contribution is 5.63. The molecule has 1 heterocycles. The fourth-order valence-corrected chi connectivity index (χ4v) is 2.18. The van der Waals surface area contributed by atoms with Crippen molar-refractivity contribution in [3.8, 4) is 17.0 Å². The number of benzene rings is 1. The van der Waals surface area contributed by atoms with Gasteiger partial charge in [-0.05, 0) is 17.2 Å². The van der Waals surface area contributed by atoms with E-state index in [9.17, 15) is 4.39 Å². The molecule has 0 saturated heterocycles. The van der Waals surface area contributed by atoms with E-state index in [0.29, 0.717) is 5.88 Å². The molecule has 2 atom stereocenters. The lowest BCUT2D eigenvalue weighted by atomic mass is 10.00. The van der Waals surface area contributed by atoms with E-state index in [2.05, 4.69) is 4.98 Å². The summed E-state index contributed by atoms with van der Waals surface area (Å²) in [5.41, 5.74) is 8.56. The molecular weight excluding hydrogens is 271 g/mol. The summed E-state index contributed by atoms with van der Waals surface area (Å²) >= 11 is 0. The van der Waals surface area contributed by atoms with Gasteiger partial charge in [0.25, 0.3) is 0 Å². The predicted octanol–water partition coefficient (Wildman–Crippen LogP) is 2.74. The van der Waals surface area contributed by atoms with Crippen molar-refractivity contribution in [1.82, 2.24) is 4.98 Å². The lowest BCUT2D eigenvalue weighted by Crippen LogP contribution is -2.31. The van der Waals surface area contributed by atoms with Crippen LogP contribution in [0, 0.1) is 0 Å². The smallest absolute Gasteiger partial charge is 0.212 e. The minimum atomic E-state index is -0.663. The molecule has 2 rings (SSSR count). The van der Waals surface area contributed by atoms with Gasteiger partial charge in [-0.15, -0.1) is 0 Å². The van der Waals surface area contributed by atoms with Crippen LogP contribution in [0.3, 0.4) is 0 Å². The summed E-state index contributed by atoms with van der Waals surface area (Å²) in [6.45, 7) is -0.622. The van der Waals surface area contributed by atoms with Gasteiger partial charge in [-0.2, -0.15) is 0 Å². The Hall–Kier alpha value is -1.98. The van der Waals surface area contributed by atoms with E-state index in [4.69, 9.17) is 15.2 Å². The zero-order valence-corrected chi connectivity index (χ0v) is 12.1. The Morgan fingerprint density at radius 2 is 1.76 bits per heavy atom. The molecule has 0 fully saturated rings. The third kappa shape index (κ3) is 3.56. The third-order valence-electron chi connectivity index (χ3n) is 3.34. The van der Waals surface area contributed by atoms with E-state index in [1.807, 2.05) is 30.3 Å². The highest BCUT2D eigenvalue weighted by atomic mass is 19.1. The monoisotopic (exact) mass is 290 g/mol. The summed E-state index contributed by atoms with van der Waals surface area (Å²) in [6, 6.07) is 10.7. The van der Waals surface area contributed by atoms with Gasteiger partial charge >= 0.3 is 0 Å². The second-order valence-electron chi connectivity index (χ2n) is 4.69. The van der Waals surface area contributed by atoms with Crippen molar-refractivity contribution in [2.75, 3.05) is 20.9 Å². The van der Waals surface area contributed by atoms with Gasteiger partial charge in [0.05, 0.1) is 19.3 Å². The summed E-state index contributed by atoms with van der Waals surface area (Å²) in [5.74, 6) is 0.573. The van der Waals surface area contributed by atoms with Crippen LogP contribution in [0.5, 0.6) is 5.88 Å². The van der Waals surface area contributed by atoms with Gasteiger partial charge < -0.3 is 15.2 Å². The highest BCUT2D eigenvalue weighted by Gasteiger charge is 2.19. The first-order valence-corrected chi connectivity index (χ1v) is 6.64. The van der Waals surface area contributed by atoms with Crippen molar-refractivity contribution in [3.05, 3.63) is 48.2 Å². The third-order valence-corrected chi connectivity index (χ3v) is 3.34. The van der Waals surface area contributed by atoms with Crippen molar-refractivity contribution >= 4 is 0 Å². The lowest BCUT2D eigenvalue weighted by molar-refractivity contribution is 0.0721. The summed E-state index contributed by atoms with van der Waals surface area (Å²) in [7, 11) is 3.11. The second kappa shape index (κ2) is 7.15. The van der Waals surface area contributed by atoms with Crippen molar-refractivity contribution in [1.29, 1.82) is 0 Å². The Morgan fingerprint density at radius 1 is 1.10 bits per heavy atom. The maximum absolute atomic E-state index is 12.7. The van der Waals surface area contributed by atoms with E-state index in [1.54, 1.807) is 19.4 Å². The highest BCUT2D eigenvalue weighted by Crippen LogP contribution is 2.25. The number of rotatable bonds is 6. The average molecular weight is 290 g/mol. The molecule has 1 aromatic carbocycles. The first-order valence-electron chi connectivity index (χ1n) is 6.64. The first-order chi connectivity index (χ1) is 10.2. The number of aromatic nitrogens is 1. The number of hydrogen-bond donors (Lipinski definition) is 1. The fraction of sp³-hybridized carbons (Fsp3) is 0.312. The van der Waals surface area contributed by atoms with Crippen molar-refractivity contribution in [2.45, 2.75) is 12.1 Å². The number of ether oxygens (including phenoxy) is 2. The fourth-order valence-electron chi connectivity index (χ4n) is 2.18. The molecule has 0 aliphatic heterocycles. The summed E-state index contributed by atoms with van der Waals surface area (Å²) in [5, 5.41) is 0. The topological polar surface area (TPSA) is 57.4 Å². The molecule has 4 nitrogen and oxygen atoms in total. The van der Waals surface area contributed by atoms with Crippen molar-refractivity contribution in [3.63, 3.8) is 0 Å². The molecule has 0 saturated carbocycles. The molecule has 1 aromatic heterocycles. The molecule has 112 valence electrons. The van der Waals surface area contributed by atoms with E-state index in [-0.39, 0.29) is 0 Å².